The Morgan fingerprint density at radius 3 is 0.583 bits per heavy atom. The van der Waals surface area contributed by atoms with Gasteiger partial charge in [-0.1, -0.05) is 206 Å². The van der Waals surface area contributed by atoms with Crippen LogP contribution in [0.4, 0.5) is 0 Å². The molecule has 0 unspecified atom stereocenters. The molecule has 0 spiro atoms. The zero-order chi connectivity index (χ0) is 26.0. The summed E-state index contributed by atoms with van der Waals surface area (Å²) in [6, 6.07) is 0. The Labute approximate surface area is 231 Å². The van der Waals surface area contributed by atoms with Crippen LogP contribution in [0.3, 0.4) is 0 Å². The van der Waals surface area contributed by atoms with Gasteiger partial charge in [0, 0.05) is 0 Å². The fourth-order valence-corrected chi connectivity index (χ4v) is 5.50. The highest BCUT2D eigenvalue weighted by Gasteiger charge is 1.95. The van der Waals surface area contributed by atoms with Crippen LogP contribution in [0, 0.1) is 0 Å². The van der Waals surface area contributed by atoms with Gasteiger partial charge in [0.1, 0.15) is 0 Å². The first kappa shape index (κ1) is 35.7. The molecule has 36 heavy (non-hydrogen) atoms. The zero-order valence-corrected chi connectivity index (χ0v) is 25.8. The first-order valence-electron chi connectivity index (χ1n) is 17.6. The minimum absolute atomic E-state index is 1.32. The smallest absolute Gasteiger partial charge is 0.0351 e. The molecule has 0 bridgehead atoms. The van der Waals surface area contributed by atoms with Gasteiger partial charge in [-0.3, -0.25) is 0 Å². The highest BCUT2D eigenvalue weighted by Crippen LogP contribution is 2.15. The predicted octanol–water partition coefficient (Wildman–Crippen LogP) is 14.1. The van der Waals surface area contributed by atoms with Gasteiger partial charge in [-0.05, 0) is 25.7 Å². The van der Waals surface area contributed by atoms with Crippen molar-refractivity contribution in [2.45, 2.75) is 219 Å². The second-order valence-electron chi connectivity index (χ2n) is 11.9. The van der Waals surface area contributed by atoms with E-state index in [4.69, 9.17) is 0 Å². The molecule has 0 aliphatic carbocycles. The quantitative estimate of drug-likeness (QED) is 0.0631. The Hall–Kier alpha value is -0.260. The van der Waals surface area contributed by atoms with Crippen LogP contribution < -0.4 is 0 Å². The lowest BCUT2D eigenvalue weighted by Crippen LogP contribution is -1.83. The molecule has 0 heteroatoms. The maximum Gasteiger partial charge on any atom is -0.0351 e. The highest BCUT2D eigenvalue weighted by atomic mass is 14.0. The van der Waals surface area contributed by atoms with E-state index < -0.39 is 0 Å². The van der Waals surface area contributed by atoms with Crippen LogP contribution in [0.15, 0.2) is 12.2 Å². The standard InChI is InChI=1S/C36H72/c1-3-5-7-9-11-13-15-17-19-21-23-25-27-29-31-33-35-36-34-32-30-28-26-24-22-20-18-16-14-12-10-8-6-4-2/h35-36H,3-34H2,1-2H3/b36-35+. The summed E-state index contributed by atoms with van der Waals surface area (Å²) in [5.74, 6) is 0. The molecule has 0 saturated heterocycles. The normalized spacial score (nSPS) is 11.7. The van der Waals surface area contributed by atoms with Gasteiger partial charge in [-0.25, -0.2) is 0 Å². The Morgan fingerprint density at radius 1 is 0.222 bits per heavy atom. The second kappa shape index (κ2) is 34.7. The van der Waals surface area contributed by atoms with Gasteiger partial charge in [-0.2, -0.15) is 0 Å². The molecular weight excluding hydrogens is 432 g/mol. The SMILES string of the molecule is CCCCCCCCCCCCCCCCC/C=C/CCCCCCCCCCCCCCCCC. The Morgan fingerprint density at radius 2 is 0.389 bits per heavy atom. The van der Waals surface area contributed by atoms with Gasteiger partial charge < -0.3 is 0 Å². The van der Waals surface area contributed by atoms with Crippen molar-refractivity contribution in [2.75, 3.05) is 0 Å². The maximum atomic E-state index is 2.46. The fraction of sp³-hybridized carbons (Fsp3) is 0.944. The summed E-state index contributed by atoms with van der Waals surface area (Å²) >= 11 is 0. The van der Waals surface area contributed by atoms with Crippen molar-refractivity contribution < 1.29 is 0 Å². The molecule has 0 nitrogen and oxygen atoms in total. The Bertz CT molecular complexity index is 345. The number of rotatable bonds is 32. The predicted molar refractivity (Wildman–Crippen MR) is 168 cm³/mol. The lowest BCUT2D eigenvalue weighted by atomic mass is 10.0. The summed E-state index contributed by atoms with van der Waals surface area (Å²) < 4.78 is 0. The minimum Gasteiger partial charge on any atom is -0.0885 e. The molecule has 0 rings (SSSR count). The van der Waals surface area contributed by atoms with Crippen LogP contribution in [-0.4, -0.2) is 0 Å². The van der Waals surface area contributed by atoms with Gasteiger partial charge in [0.2, 0.25) is 0 Å². The molecule has 0 aromatic carbocycles. The van der Waals surface area contributed by atoms with Gasteiger partial charge in [0.25, 0.3) is 0 Å². The number of unbranched alkanes of at least 4 members (excludes halogenated alkanes) is 30. The number of hydrogen-bond donors (Lipinski definition) is 0. The molecule has 0 aromatic heterocycles. The summed E-state index contributed by atoms with van der Waals surface area (Å²) in [5, 5.41) is 0. The third-order valence-corrected chi connectivity index (χ3v) is 8.12. The van der Waals surface area contributed by atoms with Crippen molar-refractivity contribution >= 4 is 0 Å². The summed E-state index contributed by atoms with van der Waals surface area (Å²) in [4.78, 5) is 0. The summed E-state index contributed by atoms with van der Waals surface area (Å²) in [7, 11) is 0. The lowest BCUT2D eigenvalue weighted by Gasteiger charge is -2.03. The first-order valence-corrected chi connectivity index (χ1v) is 17.6. The Balaban J connectivity index is 3.07. The summed E-state index contributed by atoms with van der Waals surface area (Å²) in [6.45, 7) is 4.61. The number of hydrogen-bond acceptors (Lipinski definition) is 0. The molecule has 216 valence electrons. The van der Waals surface area contributed by atoms with Gasteiger partial charge in [-0.15, -0.1) is 0 Å². The van der Waals surface area contributed by atoms with Gasteiger partial charge in [0.05, 0.1) is 0 Å². The molecular formula is C36H72. The van der Waals surface area contributed by atoms with E-state index in [-0.39, 0.29) is 0 Å². The monoisotopic (exact) mass is 505 g/mol. The topological polar surface area (TPSA) is 0 Å². The Kier molecular flexibility index (Phi) is 34.5. The zero-order valence-electron chi connectivity index (χ0n) is 25.8. The van der Waals surface area contributed by atoms with Crippen LogP contribution in [0.25, 0.3) is 0 Å². The summed E-state index contributed by atoms with van der Waals surface area (Å²) in [6.07, 6.45) is 51.4. The minimum atomic E-state index is 1.32. The molecule has 0 fully saturated rings. The fourth-order valence-electron chi connectivity index (χ4n) is 5.50. The van der Waals surface area contributed by atoms with Crippen LogP contribution >= 0.6 is 0 Å². The molecule has 0 heterocycles. The van der Waals surface area contributed by atoms with E-state index >= 15 is 0 Å². The van der Waals surface area contributed by atoms with Crippen LogP contribution in [0.1, 0.15) is 219 Å². The van der Waals surface area contributed by atoms with Gasteiger partial charge >= 0.3 is 0 Å². The van der Waals surface area contributed by atoms with Crippen molar-refractivity contribution in [1.29, 1.82) is 0 Å². The average molecular weight is 505 g/mol. The van der Waals surface area contributed by atoms with Gasteiger partial charge in [0.15, 0.2) is 0 Å². The second-order valence-corrected chi connectivity index (χ2v) is 11.9. The van der Waals surface area contributed by atoms with Crippen molar-refractivity contribution in [3.63, 3.8) is 0 Å². The van der Waals surface area contributed by atoms with Crippen LogP contribution in [0.2, 0.25) is 0 Å². The van der Waals surface area contributed by atoms with E-state index in [1.54, 1.807) is 0 Å². The van der Waals surface area contributed by atoms with Crippen molar-refractivity contribution in [3.8, 4) is 0 Å². The molecule has 0 aliphatic heterocycles. The van der Waals surface area contributed by atoms with E-state index in [1.165, 1.54) is 205 Å². The first-order chi connectivity index (χ1) is 17.9. The van der Waals surface area contributed by atoms with E-state index in [9.17, 15) is 0 Å². The maximum absolute atomic E-state index is 2.46. The molecule has 0 aromatic rings. The third kappa shape index (κ3) is 33.7. The van der Waals surface area contributed by atoms with E-state index in [0.717, 1.165) is 0 Å². The lowest BCUT2D eigenvalue weighted by molar-refractivity contribution is 0.532. The molecule has 0 N–H and O–H groups in total. The highest BCUT2D eigenvalue weighted by molar-refractivity contribution is 4.81. The van der Waals surface area contributed by atoms with E-state index in [2.05, 4.69) is 26.0 Å². The number of allylic oxidation sites excluding steroid dienone is 2. The summed E-state index contributed by atoms with van der Waals surface area (Å²) in [5.41, 5.74) is 0. The van der Waals surface area contributed by atoms with E-state index in [0.29, 0.717) is 0 Å². The molecule has 0 atom stereocenters. The van der Waals surface area contributed by atoms with Crippen molar-refractivity contribution in [3.05, 3.63) is 12.2 Å². The van der Waals surface area contributed by atoms with Crippen LogP contribution in [0.5, 0.6) is 0 Å². The average Bonchev–Trinajstić information content (AvgIpc) is 2.89. The molecule has 0 saturated carbocycles. The van der Waals surface area contributed by atoms with Crippen LogP contribution in [-0.2, 0) is 0 Å². The molecule has 0 aliphatic rings. The third-order valence-electron chi connectivity index (χ3n) is 8.12. The van der Waals surface area contributed by atoms with E-state index in [1.807, 2.05) is 0 Å². The van der Waals surface area contributed by atoms with Crippen molar-refractivity contribution in [1.82, 2.24) is 0 Å². The largest absolute Gasteiger partial charge is 0.0885 e. The molecule has 0 radical (unpaired) electrons. The van der Waals surface area contributed by atoms with Crippen molar-refractivity contribution in [2.24, 2.45) is 0 Å². The molecule has 0 amide bonds.